The van der Waals surface area contributed by atoms with Gasteiger partial charge in [-0.15, -0.1) is 37.2 Å². The van der Waals surface area contributed by atoms with Crippen LogP contribution in [-0.4, -0.2) is 45.0 Å². The second-order valence-corrected chi connectivity index (χ2v) is 10.2. The van der Waals surface area contributed by atoms with E-state index >= 15 is 0 Å². The number of benzene rings is 1. The van der Waals surface area contributed by atoms with Crippen molar-refractivity contribution in [3.05, 3.63) is 65.2 Å². The molecule has 8 nitrogen and oxygen atoms in total. The van der Waals surface area contributed by atoms with Gasteiger partial charge in [-0.05, 0) is 49.2 Å². The van der Waals surface area contributed by atoms with Gasteiger partial charge in [-0.25, -0.2) is 14.4 Å². The highest BCUT2D eigenvalue weighted by molar-refractivity contribution is 6.32. The molecule has 0 amide bonds. The van der Waals surface area contributed by atoms with Crippen LogP contribution in [0.3, 0.4) is 0 Å². The molecule has 3 aromatic heterocycles. The Balaban J connectivity index is 0.00000196. The molecule has 5 rings (SSSR count). The number of halogens is 5. The Morgan fingerprint density at radius 2 is 1.90 bits per heavy atom. The summed E-state index contributed by atoms with van der Waals surface area (Å²) >= 11 is 6.00. The number of carbonyl (C=O) groups excluding carboxylic acids is 1. The quantitative estimate of drug-likeness (QED) is 0.193. The van der Waals surface area contributed by atoms with Crippen LogP contribution in [0.1, 0.15) is 37.0 Å². The van der Waals surface area contributed by atoms with Gasteiger partial charge in [0.2, 0.25) is 0 Å². The third kappa shape index (κ3) is 7.28. The average molecular weight is 644 g/mol. The van der Waals surface area contributed by atoms with E-state index in [2.05, 4.69) is 20.2 Å². The Bertz CT molecular complexity index is 1500. The Kier molecular flexibility index (Phi) is 11.9. The molecule has 4 N–H and O–H groups in total. The molecule has 4 heterocycles. The van der Waals surface area contributed by atoms with E-state index in [4.69, 9.17) is 22.3 Å². The van der Waals surface area contributed by atoms with Crippen LogP contribution in [0.25, 0.3) is 22.3 Å². The van der Waals surface area contributed by atoms with Crippen molar-refractivity contribution in [2.75, 3.05) is 23.3 Å². The predicted octanol–water partition coefficient (Wildman–Crippen LogP) is 6.97. The summed E-state index contributed by atoms with van der Waals surface area (Å²) < 4.78 is 14.2. The van der Waals surface area contributed by atoms with E-state index in [1.807, 2.05) is 26.0 Å². The molecule has 1 fully saturated rings. The van der Waals surface area contributed by atoms with Crippen LogP contribution in [0, 0.1) is 11.7 Å². The number of phenols is 1. The normalized spacial score (nSPS) is 14.6. The maximum atomic E-state index is 14.2. The summed E-state index contributed by atoms with van der Waals surface area (Å²) in [5.41, 5.74) is 9.44. The minimum Gasteiger partial charge on any atom is -0.504 e. The van der Waals surface area contributed by atoms with Crippen LogP contribution in [0.4, 0.5) is 21.6 Å². The number of hydrogen-bond donors (Lipinski definition) is 3. The van der Waals surface area contributed by atoms with Crippen LogP contribution in [0.5, 0.6) is 5.75 Å². The van der Waals surface area contributed by atoms with E-state index in [1.165, 1.54) is 6.07 Å². The van der Waals surface area contributed by atoms with Gasteiger partial charge >= 0.3 is 0 Å². The molecule has 13 heteroatoms. The second-order valence-electron chi connectivity index (χ2n) is 9.80. The van der Waals surface area contributed by atoms with Gasteiger partial charge in [0.1, 0.15) is 11.3 Å². The zero-order chi connectivity index (χ0) is 27.0. The fourth-order valence-electron chi connectivity index (χ4n) is 4.57. The van der Waals surface area contributed by atoms with Crippen molar-refractivity contribution in [1.82, 2.24) is 15.0 Å². The number of ketones is 1. The van der Waals surface area contributed by atoms with Gasteiger partial charge in [0.25, 0.3) is 0 Å². The van der Waals surface area contributed by atoms with Crippen molar-refractivity contribution in [2.24, 2.45) is 11.7 Å². The van der Waals surface area contributed by atoms with Crippen LogP contribution in [0.15, 0.2) is 48.8 Å². The summed E-state index contributed by atoms with van der Waals surface area (Å²) in [7, 11) is 0. The molecule has 1 aromatic carbocycles. The molecule has 220 valence electrons. The number of phenolic OH excluding ortho intramolecular Hbond substituents is 1. The summed E-state index contributed by atoms with van der Waals surface area (Å²) in [5, 5.41) is 12.9. The van der Waals surface area contributed by atoms with Crippen LogP contribution < -0.4 is 16.0 Å². The number of pyridine rings is 3. The molecule has 1 atom stereocenters. The SMILES string of the molecule is CC(C)C(=O)c1cnc2ccc(-c3cc(F)c(O)c(Cl)c3)nc2c1Nc1ccc(N2CCC[C@@H](N)C2)nc1.Cl.Cl.Cl. The molecule has 0 bridgehead atoms. The van der Waals surface area contributed by atoms with E-state index in [1.54, 1.807) is 24.5 Å². The number of nitrogens with one attached hydrogen (secondary N) is 1. The van der Waals surface area contributed by atoms with Gasteiger partial charge in [-0.1, -0.05) is 25.4 Å². The largest absolute Gasteiger partial charge is 0.504 e. The van der Waals surface area contributed by atoms with Crippen molar-refractivity contribution < 1.29 is 14.3 Å². The van der Waals surface area contributed by atoms with Crippen molar-refractivity contribution in [3.63, 3.8) is 0 Å². The van der Waals surface area contributed by atoms with Crippen molar-refractivity contribution in [3.8, 4) is 17.0 Å². The summed E-state index contributed by atoms with van der Waals surface area (Å²) in [6, 6.07) is 9.98. The minimum atomic E-state index is -0.851. The van der Waals surface area contributed by atoms with E-state index in [9.17, 15) is 14.3 Å². The Morgan fingerprint density at radius 1 is 1.15 bits per heavy atom. The van der Waals surface area contributed by atoms with Gasteiger partial charge in [-0.2, -0.15) is 0 Å². The van der Waals surface area contributed by atoms with E-state index in [-0.39, 0.29) is 60.0 Å². The zero-order valence-corrected chi connectivity index (χ0v) is 25.5. The molecule has 0 unspecified atom stereocenters. The maximum absolute atomic E-state index is 14.2. The Hall–Kier alpha value is -2.95. The highest BCUT2D eigenvalue weighted by Crippen LogP contribution is 2.35. The first kappa shape index (κ1) is 34.3. The summed E-state index contributed by atoms with van der Waals surface area (Å²) in [5.74, 6) is -0.995. The fourth-order valence-corrected chi connectivity index (χ4v) is 4.78. The first-order valence-corrected chi connectivity index (χ1v) is 12.8. The Labute approximate surface area is 261 Å². The third-order valence-corrected chi connectivity index (χ3v) is 6.90. The number of hydrogen-bond acceptors (Lipinski definition) is 8. The van der Waals surface area contributed by atoms with Gasteiger partial charge < -0.3 is 21.1 Å². The third-order valence-electron chi connectivity index (χ3n) is 6.61. The molecule has 0 aliphatic carbocycles. The van der Waals surface area contributed by atoms with E-state index in [0.29, 0.717) is 39.2 Å². The van der Waals surface area contributed by atoms with Crippen molar-refractivity contribution in [2.45, 2.75) is 32.7 Å². The Morgan fingerprint density at radius 3 is 2.54 bits per heavy atom. The molecule has 1 aliphatic rings. The summed E-state index contributed by atoms with van der Waals surface area (Å²) in [6.45, 7) is 5.31. The highest BCUT2D eigenvalue weighted by atomic mass is 35.5. The molecule has 0 spiro atoms. The molecular formula is C28H31Cl4FN6O2. The molecule has 41 heavy (non-hydrogen) atoms. The number of piperidine rings is 1. The number of Topliss-reactive ketones (excluding diaryl/α,β-unsaturated/α-hetero) is 1. The van der Waals surface area contributed by atoms with Gasteiger partial charge in [0.15, 0.2) is 17.3 Å². The molecule has 1 saturated heterocycles. The van der Waals surface area contributed by atoms with Crippen LogP contribution in [-0.2, 0) is 0 Å². The minimum absolute atomic E-state index is 0. The van der Waals surface area contributed by atoms with Gasteiger partial charge in [0.05, 0.1) is 39.4 Å². The lowest BCUT2D eigenvalue weighted by atomic mass is 10.00. The lowest BCUT2D eigenvalue weighted by Crippen LogP contribution is -2.43. The molecule has 1 aliphatic heterocycles. The fraction of sp³-hybridized carbons (Fsp3) is 0.286. The number of nitrogens with two attached hydrogens (primary N) is 1. The molecule has 0 radical (unpaired) electrons. The maximum Gasteiger partial charge on any atom is 0.170 e. The second kappa shape index (κ2) is 14.3. The number of rotatable bonds is 6. The first-order valence-electron chi connectivity index (χ1n) is 12.5. The molecule has 4 aromatic rings. The molecule has 0 saturated carbocycles. The predicted molar refractivity (Wildman–Crippen MR) is 169 cm³/mol. The first-order chi connectivity index (χ1) is 18.2. The highest BCUT2D eigenvalue weighted by Gasteiger charge is 2.21. The number of carbonyl (C=O) groups is 1. The number of aromatic hydroxyl groups is 1. The lowest BCUT2D eigenvalue weighted by molar-refractivity contribution is 0.0940. The standard InChI is InChI=1S/C28H28ClFN6O2.3ClH/c1-15(2)27(37)19-13-32-23-7-6-22(16-10-20(29)28(38)21(30)11-16)35-26(23)25(19)34-18-5-8-24(33-12-18)36-9-3-4-17(31)14-36;;;/h5-8,10-13,15,17,38H,3-4,9,14,31H2,1-2H3,(H,32,34);3*1H/t17-;;;/m1.../s1. The molecular weight excluding hydrogens is 613 g/mol. The van der Waals surface area contributed by atoms with Gasteiger partial charge in [-0.3, -0.25) is 9.78 Å². The van der Waals surface area contributed by atoms with Crippen LogP contribution >= 0.6 is 48.8 Å². The van der Waals surface area contributed by atoms with Crippen molar-refractivity contribution in [1.29, 1.82) is 0 Å². The lowest BCUT2D eigenvalue weighted by Gasteiger charge is -2.31. The van der Waals surface area contributed by atoms with E-state index < -0.39 is 11.6 Å². The summed E-state index contributed by atoms with van der Waals surface area (Å²) in [6.07, 6.45) is 5.29. The number of fused-ring (bicyclic) bond motifs is 1. The zero-order valence-electron chi connectivity index (χ0n) is 22.3. The van der Waals surface area contributed by atoms with Gasteiger partial charge in [0, 0.05) is 36.8 Å². The number of anilines is 3. The number of nitrogens with zero attached hydrogens (tertiary/aromatic N) is 4. The smallest absolute Gasteiger partial charge is 0.170 e. The summed E-state index contributed by atoms with van der Waals surface area (Å²) in [4.78, 5) is 29.1. The average Bonchev–Trinajstić information content (AvgIpc) is 2.91. The van der Waals surface area contributed by atoms with Crippen molar-refractivity contribution >= 4 is 82.8 Å². The van der Waals surface area contributed by atoms with E-state index in [0.717, 1.165) is 37.8 Å². The number of aromatic nitrogens is 3. The topological polar surface area (TPSA) is 117 Å². The monoisotopic (exact) mass is 642 g/mol. The van der Waals surface area contributed by atoms with Crippen LogP contribution in [0.2, 0.25) is 5.02 Å².